The normalized spacial score (nSPS) is 36.2. The van der Waals surface area contributed by atoms with E-state index in [2.05, 4.69) is 4.98 Å². The van der Waals surface area contributed by atoms with Gasteiger partial charge in [0.1, 0.15) is 0 Å². The molecule has 108 valence electrons. The Bertz CT molecular complexity index is 764. The number of H-pyrrole nitrogens is 1. The predicted octanol–water partition coefficient (Wildman–Crippen LogP) is 4.95. The molecule has 0 amide bonds. The Morgan fingerprint density at radius 1 is 1.14 bits per heavy atom. The van der Waals surface area contributed by atoms with Gasteiger partial charge >= 0.3 is 0 Å². The topological polar surface area (TPSA) is 32.9 Å². The van der Waals surface area contributed by atoms with Crippen molar-refractivity contribution in [2.45, 2.75) is 19.3 Å². The molecule has 4 heteroatoms. The van der Waals surface area contributed by atoms with Gasteiger partial charge in [-0.1, -0.05) is 23.2 Å². The number of ketones is 1. The van der Waals surface area contributed by atoms with Crippen LogP contribution in [0.3, 0.4) is 0 Å². The molecule has 3 aliphatic rings. The van der Waals surface area contributed by atoms with Crippen LogP contribution in [-0.2, 0) is 0 Å². The molecule has 2 nitrogen and oxygen atoms in total. The number of fused-ring (bicyclic) bond motifs is 6. The maximum atomic E-state index is 12.9. The second-order valence-electron chi connectivity index (χ2n) is 6.89. The molecule has 0 radical (unpaired) electrons. The lowest BCUT2D eigenvalue weighted by molar-refractivity contribution is 0.0946. The first-order valence-electron chi connectivity index (χ1n) is 7.65. The van der Waals surface area contributed by atoms with Crippen LogP contribution in [0.4, 0.5) is 0 Å². The highest BCUT2D eigenvalue weighted by molar-refractivity contribution is 6.39. The fourth-order valence-electron chi connectivity index (χ4n) is 5.23. The van der Waals surface area contributed by atoms with Gasteiger partial charge in [-0.3, -0.25) is 4.79 Å². The van der Waals surface area contributed by atoms with Crippen LogP contribution in [0.15, 0.2) is 18.3 Å². The lowest BCUT2D eigenvalue weighted by Crippen LogP contribution is -2.09. The van der Waals surface area contributed by atoms with Gasteiger partial charge in [0.15, 0.2) is 5.78 Å². The highest BCUT2D eigenvalue weighted by atomic mass is 35.5. The van der Waals surface area contributed by atoms with Gasteiger partial charge in [0.2, 0.25) is 0 Å². The van der Waals surface area contributed by atoms with Gasteiger partial charge < -0.3 is 4.98 Å². The van der Waals surface area contributed by atoms with Crippen molar-refractivity contribution in [2.24, 2.45) is 29.6 Å². The lowest BCUT2D eigenvalue weighted by atomic mass is 9.96. The van der Waals surface area contributed by atoms with Gasteiger partial charge in [0.05, 0.1) is 5.02 Å². The molecule has 0 spiro atoms. The number of nitrogens with one attached hydrogen (secondary N) is 1. The number of carbonyl (C=O) groups excluding carboxylic acids is 1. The largest absolute Gasteiger partial charge is 0.360 e. The van der Waals surface area contributed by atoms with E-state index in [0.29, 0.717) is 21.9 Å². The third-order valence-corrected chi connectivity index (χ3v) is 6.52. The number of aromatic amines is 1. The zero-order chi connectivity index (χ0) is 14.3. The van der Waals surface area contributed by atoms with Crippen LogP contribution in [0.2, 0.25) is 10.0 Å². The summed E-state index contributed by atoms with van der Waals surface area (Å²) in [5, 5.41) is 1.99. The molecule has 0 aliphatic heterocycles. The maximum absolute atomic E-state index is 12.9. The fourth-order valence-corrected chi connectivity index (χ4v) is 5.83. The van der Waals surface area contributed by atoms with Crippen LogP contribution in [0, 0.1) is 29.6 Å². The van der Waals surface area contributed by atoms with E-state index in [1.165, 1.54) is 19.3 Å². The summed E-state index contributed by atoms with van der Waals surface area (Å²) < 4.78 is 0. The molecule has 1 aromatic heterocycles. The van der Waals surface area contributed by atoms with Crippen LogP contribution >= 0.6 is 23.2 Å². The van der Waals surface area contributed by atoms with E-state index in [9.17, 15) is 4.79 Å². The summed E-state index contributed by atoms with van der Waals surface area (Å²) in [6, 6.07) is 3.55. The van der Waals surface area contributed by atoms with Gasteiger partial charge in [0, 0.05) is 33.6 Å². The number of aromatic nitrogens is 1. The Balaban J connectivity index is 1.55. The molecule has 2 aromatic rings. The molecular weight excluding hydrogens is 305 g/mol. The molecular formula is C17H15Cl2NO. The Kier molecular flexibility index (Phi) is 2.42. The quantitative estimate of drug-likeness (QED) is 0.780. The minimum absolute atomic E-state index is 0.252. The van der Waals surface area contributed by atoms with Crippen molar-refractivity contribution in [3.63, 3.8) is 0 Å². The van der Waals surface area contributed by atoms with E-state index in [0.717, 1.165) is 28.3 Å². The second-order valence-corrected chi connectivity index (χ2v) is 7.73. The molecule has 4 unspecified atom stereocenters. The van der Waals surface area contributed by atoms with Gasteiger partial charge in [0.25, 0.3) is 0 Å². The Hall–Kier alpha value is -0.990. The smallest absolute Gasteiger partial charge is 0.168 e. The van der Waals surface area contributed by atoms with Crippen LogP contribution in [0.25, 0.3) is 10.9 Å². The fraction of sp³-hybridized carbons (Fsp3) is 0.471. The summed E-state index contributed by atoms with van der Waals surface area (Å²) in [4.78, 5) is 16.1. The van der Waals surface area contributed by atoms with Gasteiger partial charge in [-0.15, -0.1) is 0 Å². The molecule has 1 N–H and O–H groups in total. The highest BCUT2D eigenvalue weighted by Gasteiger charge is 2.67. The van der Waals surface area contributed by atoms with E-state index in [1.807, 2.05) is 12.3 Å². The van der Waals surface area contributed by atoms with E-state index < -0.39 is 0 Å². The van der Waals surface area contributed by atoms with Crippen molar-refractivity contribution in [3.8, 4) is 0 Å². The van der Waals surface area contributed by atoms with Crippen molar-refractivity contribution in [1.29, 1.82) is 0 Å². The summed E-state index contributed by atoms with van der Waals surface area (Å²) in [6.07, 6.45) is 5.84. The van der Waals surface area contributed by atoms with Crippen molar-refractivity contribution >= 4 is 39.9 Å². The maximum Gasteiger partial charge on any atom is 0.168 e. The first kappa shape index (κ1) is 12.5. The van der Waals surface area contributed by atoms with E-state index >= 15 is 0 Å². The molecule has 1 aromatic carbocycles. The Morgan fingerprint density at radius 2 is 1.86 bits per heavy atom. The zero-order valence-corrected chi connectivity index (χ0v) is 12.9. The Labute approximate surface area is 132 Å². The van der Waals surface area contributed by atoms with E-state index in [-0.39, 0.29) is 11.7 Å². The number of Topliss-reactive ketones (excluding diaryl/α,β-unsaturated/α-hetero) is 1. The standard InChI is InChI=1S/C17H15Cl2NO/c18-9-4-11(19)15-10(6-20-12(15)5-9)17(21)16-13-7-1-2-8(3-7)14(13)16/h4-8,13-14,16,20H,1-3H2. The summed E-state index contributed by atoms with van der Waals surface area (Å²) in [5.74, 6) is 3.48. The average Bonchev–Trinajstić information content (AvgIpc) is 2.80. The SMILES string of the molecule is O=C(c1c[nH]c2cc(Cl)cc(Cl)c12)C1C2C3CCC(C3)C12. The number of rotatable bonds is 2. The lowest BCUT2D eigenvalue weighted by Gasteiger charge is -2.07. The van der Waals surface area contributed by atoms with Gasteiger partial charge in [-0.2, -0.15) is 0 Å². The second kappa shape index (κ2) is 4.05. The third kappa shape index (κ3) is 1.58. The summed E-state index contributed by atoms with van der Waals surface area (Å²) in [7, 11) is 0. The highest BCUT2D eigenvalue weighted by Crippen LogP contribution is 2.70. The van der Waals surface area contributed by atoms with E-state index in [1.54, 1.807) is 6.07 Å². The Morgan fingerprint density at radius 3 is 2.57 bits per heavy atom. The van der Waals surface area contributed by atoms with Crippen molar-refractivity contribution in [3.05, 3.63) is 33.9 Å². The van der Waals surface area contributed by atoms with Crippen LogP contribution in [0.5, 0.6) is 0 Å². The molecule has 3 fully saturated rings. The number of halogens is 2. The molecule has 4 atom stereocenters. The minimum atomic E-state index is 0.252. The van der Waals surface area contributed by atoms with Crippen LogP contribution in [0.1, 0.15) is 29.6 Å². The molecule has 0 saturated heterocycles. The number of hydrogen-bond acceptors (Lipinski definition) is 1. The third-order valence-electron chi connectivity index (χ3n) is 6.00. The first-order valence-corrected chi connectivity index (χ1v) is 8.41. The molecule has 3 aliphatic carbocycles. The predicted molar refractivity (Wildman–Crippen MR) is 84.0 cm³/mol. The summed E-state index contributed by atoms with van der Waals surface area (Å²) in [5.41, 5.74) is 1.61. The zero-order valence-electron chi connectivity index (χ0n) is 11.4. The molecule has 5 rings (SSSR count). The van der Waals surface area contributed by atoms with Crippen LogP contribution in [-0.4, -0.2) is 10.8 Å². The molecule has 2 bridgehead atoms. The van der Waals surface area contributed by atoms with Crippen LogP contribution < -0.4 is 0 Å². The van der Waals surface area contributed by atoms with Gasteiger partial charge in [-0.25, -0.2) is 0 Å². The minimum Gasteiger partial charge on any atom is -0.360 e. The van der Waals surface area contributed by atoms with Gasteiger partial charge in [-0.05, 0) is 55.1 Å². The molecule has 1 heterocycles. The number of carbonyl (C=O) groups is 1. The summed E-state index contributed by atoms with van der Waals surface area (Å²) in [6.45, 7) is 0. The molecule has 21 heavy (non-hydrogen) atoms. The monoisotopic (exact) mass is 319 g/mol. The van der Waals surface area contributed by atoms with Crippen molar-refractivity contribution in [2.75, 3.05) is 0 Å². The summed E-state index contributed by atoms with van der Waals surface area (Å²) >= 11 is 12.3. The van der Waals surface area contributed by atoms with Crippen molar-refractivity contribution in [1.82, 2.24) is 4.98 Å². The van der Waals surface area contributed by atoms with Crippen molar-refractivity contribution < 1.29 is 4.79 Å². The number of benzene rings is 1. The first-order chi connectivity index (χ1) is 10.1. The number of hydrogen-bond donors (Lipinski definition) is 1. The van der Waals surface area contributed by atoms with E-state index in [4.69, 9.17) is 23.2 Å². The average molecular weight is 320 g/mol. The molecule has 3 saturated carbocycles.